The van der Waals surface area contributed by atoms with Gasteiger partial charge in [0.1, 0.15) is 0 Å². The monoisotopic (exact) mass is 276 g/mol. The molecule has 4 heteroatoms. The number of hydrogen-bond donors (Lipinski definition) is 1. The van der Waals surface area contributed by atoms with Crippen molar-refractivity contribution in [1.82, 2.24) is 10.2 Å². The lowest BCUT2D eigenvalue weighted by molar-refractivity contribution is 0.0374. The van der Waals surface area contributed by atoms with E-state index >= 15 is 0 Å². The van der Waals surface area contributed by atoms with Gasteiger partial charge in [-0.2, -0.15) is 0 Å². The van der Waals surface area contributed by atoms with E-state index in [1.807, 2.05) is 24.3 Å². The van der Waals surface area contributed by atoms with E-state index in [-0.39, 0.29) is 5.91 Å². The Morgan fingerprint density at radius 3 is 2.60 bits per heavy atom. The third-order valence-electron chi connectivity index (χ3n) is 3.66. The molecule has 0 aliphatic carbocycles. The summed E-state index contributed by atoms with van der Waals surface area (Å²) in [5.74, 6) is 0.0228. The molecular weight excluding hydrogens is 252 g/mol. The van der Waals surface area contributed by atoms with Crippen LogP contribution in [0.15, 0.2) is 24.3 Å². The normalized spacial score (nSPS) is 16.1. The third kappa shape index (κ3) is 4.62. The van der Waals surface area contributed by atoms with E-state index < -0.39 is 0 Å². The first kappa shape index (κ1) is 15.0. The summed E-state index contributed by atoms with van der Waals surface area (Å²) in [6.07, 6.45) is 1.99. The molecule has 110 valence electrons. The molecule has 1 N–H and O–H groups in total. The minimum atomic E-state index is 0.0228. The average Bonchev–Trinajstić information content (AvgIpc) is 2.52. The van der Waals surface area contributed by atoms with E-state index in [1.54, 1.807) is 0 Å². The van der Waals surface area contributed by atoms with Crippen molar-refractivity contribution in [2.24, 2.45) is 0 Å². The molecule has 1 aliphatic rings. The van der Waals surface area contributed by atoms with Gasteiger partial charge in [-0.25, -0.2) is 0 Å². The molecule has 4 nitrogen and oxygen atoms in total. The van der Waals surface area contributed by atoms with Crippen LogP contribution >= 0.6 is 0 Å². The van der Waals surface area contributed by atoms with Crippen molar-refractivity contribution < 1.29 is 9.53 Å². The van der Waals surface area contributed by atoms with E-state index in [1.165, 1.54) is 5.56 Å². The molecule has 0 spiro atoms. The number of hydrogen-bond acceptors (Lipinski definition) is 3. The van der Waals surface area contributed by atoms with Crippen molar-refractivity contribution in [3.05, 3.63) is 35.4 Å². The van der Waals surface area contributed by atoms with Crippen LogP contribution in [0.3, 0.4) is 0 Å². The van der Waals surface area contributed by atoms with E-state index in [4.69, 9.17) is 4.74 Å². The van der Waals surface area contributed by atoms with Crippen LogP contribution in [0.5, 0.6) is 0 Å². The van der Waals surface area contributed by atoms with Gasteiger partial charge in [0.25, 0.3) is 5.91 Å². The number of rotatable bonds is 6. The van der Waals surface area contributed by atoms with Gasteiger partial charge in [-0.3, -0.25) is 9.69 Å². The van der Waals surface area contributed by atoms with E-state index in [0.717, 1.165) is 57.8 Å². The molecule has 1 heterocycles. The van der Waals surface area contributed by atoms with Crippen LogP contribution in [0.4, 0.5) is 0 Å². The zero-order valence-corrected chi connectivity index (χ0v) is 12.2. The fourth-order valence-electron chi connectivity index (χ4n) is 2.32. The van der Waals surface area contributed by atoms with Crippen LogP contribution in [-0.4, -0.2) is 50.2 Å². The van der Waals surface area contributed by atoms with Crippen molar-refractivity contribution in [3.8, 4) is 0 Å². The molecule has 20 heavy (non-hydrogen) atoms. The minimum absolute atomic E-state index is 0.0228. The van der Waals surface area contributed by atoms with E-state index in [0.29, 0.717) is 0 Å². The number of amides is 1. The number of nitrogens with zero attached hydrogens (tertiary/aromatic N) is 1. The smallest absolute Gasteiger partial charge is 0.251 e. The van der Waals surface area contributed by atoms with Gasteiger partial charge in [-0.15, -0.1) is 0 Å². The topological polar surface area (TPSA) is 41.6 Å². The lowest BCUT2D eigenvalue weighted by Crippen LogP contribution is -2.38. The fraction of sp³-hybridized carbons (Fsp3) is 0.562. The Hall–Kier alpha value is -1.39. The van der Waals surface area contributed by atoms with Crippen LogP contribution in [0, 0.1) is 0 Å². The van der Waals surface area contributed by atoms with Crippen LogP contribution in [0.1, 0.15) is 29.3 Å². The highest BCUT2D eigenvalue weighted by Gasteiger charge is 2.10. The number of benzene rings is 1. The van der Waals surface area contributed by atoms with Gasteiger partial charge in [0.05, 0.1) is 13.2 Å². The predicted molar refractivity (Wildman–Crippen MR) is 80.0 cm³/mol. The van der Waals surface area contributed by atoms with Gasteiger partial charge in [-0.05, 0) is 37.1 Å². The van der Waals surface area contributed by atoms with Gasteiger partial charge in [0, 0.05) is 25.2 Å². The highest BCUT2D eigenvalue weighted by atomic mass is 16.5. The Labute approximate surface area is 121 Å². The molecule has 0 atom stereocenters. The van der Waals surface area contributed by atoms with Crippen molar-refractivity contribution >= 4 is 5.91 Å². The summed E-state index contributed by atoms with van der Waals surface area (Å²) in [7, 11) is 0. The van der Waals surface area contributed by atoms with E-state index in [9.17, 15) is 4.79 Å². The molecule has 1 aromatic rings. The van der Waals surface area contributed by atoms with E-state index in [2.05, 4.69) is 17.1 Å². The SMILES string of the molecule is CCc1ccc(C(=O)NCCCN2CCOCC2)cc1. The summed E-state index contributed by atoms with van der Waals surface area (Å²) >= 11 is 0. The molecular formula is C16H24N2O2. The maximum atomic E-state index is 12.0. The Bertz CT molecular complexity index is 411. The zero-order valence-electron chi connectivity index (χ0n) is 12.2. The van der Waals surface area contributed by atoms with Gasteiger partial charge in [0.2, 0.25) is 0 Å². The van der Waals surface area contributed by atoms with Gasteiger partial charge in [-0.1, -0.05) is 19.1 Å². The van der Waals surface area contributed by atoms with Crippen molar-refractivity contribution in [3.63, 3.8) is 0 Å². The molecule has 0 saturated carbocycles. The second-order valence-corrected chi connectivity index (χ2v) is 5.11. The number of nitrogens with one attached hydrogen (secondary N) is 1. The van der Waals surface area contributed by atoms with Crippen LogP contribution in [-0.2, 0) is 11.2 Å². The summed E-state index contributed by atoms with van der Waals surface area (Å²) in [6, 6.07) is 7.83. The molecule has 0 unspecified atom stereocenters. The number of morpholine rings is 1. The second-order valence-electron chi connectivity index (χ2n) is 5.11. The summed E-state index contributed by atoms with van der Waals surface area (Å²) in [4.78, 5) is 14.3. The number of carbonyl (C=O) groups is 1. The number of carbonyl (C=O) groups excluding carboxylic acids is 1. The average molecular weight is 276 g/mol. The Morgan fingerprint density at radius 1 is 1.25 bits per heavy atom. The first-order valence-electron chi connectivity index (χ1n) is 7.47. The molecule has 2 rings (SSSR count). The standard InChI is InChI=1S/C16H24N2O2/c1-2-14-4-6-15(7-5-14)16(19)17-8-3-9-18-10-12-20-13-11-18/h4-7H,2-3,8-13H2,1H3,(H,17,19). The maximum absolute atomic E-state index is 12.0. The van der Waals surface area contributed by atoms with Crippen molar-refractivity contribution in [2.75, 3.05) is 39.4 Å². The maximum Gasteiger partial charge on any atom is 0.251 e. The van der Waals surface area contributed by atoms with Crippen molar-refractivity contribution in [1.29, 1.82) is 0 Å². The molecule has 1 aliphatic heterocycles. The van der Waals surface area contributed by atoms with Crippen LogP contribution in [0.25, 0.3) is 0 Å². The first-order chi connectivity index (χ1) is 9.79. The molecule has 1 aromatic carbocycles. The molecule has 0 radical (unpaired) electrons. The zero-order chi connectivity index (χ0) is 14.2. The predicted octanol–water partition coefficient (Wildman–Crippen LogP) is 1.70. The lowest BCUT2D eigenvalue weighted by Gasteiger charge is -2.26. The summed E-state index contributed by atoms with van der Waals surface area (Å²) in [6.45, 7) is 7.54. The number of aryl methyl sites for hydroxylation is 1. The molecule has 0 aromatic heterocycles. The Morgan fingerprint density at radius 2 is 1.95 bits per heavy atom. The largest absolute Gasteiger partial charge is 0.379 e. The number of ether oxygens (including phenoxy) is 1. The molecule has 1 amide bonds. The lowest BCUT2D eigenvalue weighted by atomic mass is 10.1. The quantitative estimate of drug-likeness (QED) is 0.804. The van der Waals surface area contributed by atoms with Crippen molar-refractivity contribution in [2.45, 2.75) is 19.8 Å². The van der Waals surface area contributed by atoms with Gasteiger partial charge in [0.15, 0.2) is 0 Å². The minimum Gasteiger partial charge on any atom is -0.379 e. The molecule has 0 bridgehead atoms. The highest BCUT2D eigenvalue weighted by Crippen LogP contribution is 2.05. The molecule has 1 saturated heterocycles. The summed E-state index contributed by atoms with van der Waals surface area (Å²) in [5.41, 5.74) is 2.00. The summed E-state index contributed by atoms with van der Waals surface area (Å²) < 4.78 is 5.31. The van der Waals surface area contributed by atoms with Gasteiger partial charge < -0.3 is 10.1 Å². The first-order valence-corrected chi connectivity index (χ1v) is 7.47. The Balaban J connectivity index is 1.66. The molecule has 1 fully saturated rings. The fourth-order valence-corrected chi connectivity index (χ4v) is 2.32. The third-order valence-corrected chi connectivity index (χ3v) is 3.66. The second kappa shape index (κ2) is 8.02. The summed E-state index contributed by atoms with van der Waals surface area (Å²) in [5, 5.41) is 2.98. The Kier molecular flexibility index (Phi) is 6.02. The van der Waals surface area contributed by atoms with Gasteiger partial charge >= 0.3 is 0 Å². The van der Waals surface area contributed by atoms with Crippen LogP contribution in [0.2, 0.25) is 0 Å². The highest BCUT2D eigenvalue weighted by molar-refractivity contribution is 5.94. The van der Waals surface area contributed by atoms with Crippen LogP contribution < -0.4 is 5.32 Å².